The van der Waals surface area contributed by atoms with Gasteiger partial charge in [0.05, 0.1) is 17.2 Å². The fourth-order valence-electron chi connectivity index (χ4n) is 2.34. The minimum Gasteiger partial charge on any atom is -0.308 e. The Hall–Kier alpha value is -2.24. The smallest absolute Gasteiger partial charge is 0.263 e. The second-order valence-corrected chi connectivity index (χ2v) is 7.71. The van der Waals surface area contributed by atoms with Crippen molar-refractivity contribution < 1.29 is 4.79 Å². The third-order valence-corrected chi connectivity index (χ3v) is 5.89. The van der Waals surface area contributed by atoms with E-state index in [0.717, 1.165) is 22.2 Å². The number of aryl methyl sites for hydroxylation is 2. The van der Waals surface area contributed by atoms with Gasteiger partial charge in [-0.05, 0) is 26.3 Å². The lowest BCUT2D eigenvalue weighted by Gasteiger charge is -2.11. The molecular formula is C17H18N4O2S2. The van der Waals surface area contributed by atoms with Crippen molar-refractivity contribution in [3.63, 3.8) is 0 Å². The van der Waals surface area contributed by atoms with Gasteiger partial charge in [0.15, 0.2) is 10.9 Å². The predicted octanol–water partition coefficient (Wildman–Crippen LogP) is 3.10. The van der Waals surface area contributed by atoms with Crippen LogP contribution in [0.1, 0.15) is 17.4 Å². The summed E-state index contributed by atoms with van der Waals surface area (Å²) in [6.45, 7) is 9.24. The van der Waals surface area contributed by atoms with Gasteiger partial charge < -0.3 is 5.41 Å². The van der Waals surface area contributed by atoms with Crippen LogP contribution in [0, 0.1) is 36.5 Å². The van der Waals surface area contributed by atoms with E-state index >= 15 is 0 Å². The Morgan fingerprint density at radius 2 is 2.24 bits per heavy atom. The molecule has 0 fully saturated rings. The van der Waals surface area contributed by atoms with Crippen molar-refractivity contribution in [2.45, 2.75) is 32.5 Å². The van der Waals surface area contributed by atoms with Crippen LogP contribution in [0.2, 0.25) is 0 Å². The summed E-state index contributed by atoms with van der Waals surface area (Å²) in [6, 6.07) is 1.84. The molecular weight excluding hydrogens is 356 g/mol. The molecule has 2 heterocycles. The molecule has 0 bridgehead atoms. The van der Waals surface area contributed by atoms with Crippen LogP contribution in [0.5, 0.6) is 0 Å². The van der Waals surface area contributed by atoms with Crippen molar-refractivity contribution in [3.8, 4) is 6.07 Å². The van der Waals surface area contributed by atoms with Crippen LogP contribution in [0.15, 0.2) is 22.6 Å². The number of nitrogens with zero attached hydrogens (tertiary/aromatic N) is 3. The summed E-state index contributed by atoms with van der Waals surface area (Å²) < 4.78 is 1.49. The van der Waals surface area contributed by atoms with Crippen molar-refractivity contribution in [2.75, 3.05) is 5.75 Å². The highest BCUT2D eigenvalue weighted by Crippen LogP contribution is 2.28. The lowest BCUT2D eigenvalue weighted by Crippen LogP contribution is -2.25. The summed E-state index contributed by atoms with van der Waals surface area (Å²) in [5, 5.41) is 17.5. The molecule has 2 aromatic heterocycles. The van der Waals surface area contributed by atoms with E-state index in [-0.39, 0.29) is 29.4 Å². The van der Waals surface area contributed by atoms with Crippen molar-refractivity contribution in [3.05, 3.63) is 33.4 Å². The number of carbonyl (C=O) groups excluding carboxylic acids is 1. The normalized spacial score (nSPS) is 11.9. The first-order valence-corrected chi connectivity index (χ1v) is 9.33. The van der Waals surface area contributed by atoms with Gasteiger partial charge >= 0.3 is 0 Å². The van der Waals surface area contributed by atoms with Gasteiger partial charge in [-0.15, -0.1) is 17.9 Å². The third-order valence-electron chi connectivity index (χ3n) is 3.79. The molecule has 0 saturated heterocycles. The van der Waals surface area contributed by atoms with Gasteiger partial charge in [-0.2, -0.15) is 5.26 Å². The molecule has 0 saturated carbocycles. The van der Waals surface area contributed by atoms with Crippen LogP contribution in [0.4, 0.5) is 0 Å². The minimum absolute atomic E-state index is 0.0181. The lowest BCUT2D eigenvalue weighted by molar-refractivity contribution is -0.117. The highest BCUT2D eigenvalue weighted by Gasteiger charge is 2.22. The number of hydrogen-bond acceptors (Lipinski definition) is 7. The van der Waals surface area contributed by atoms with Gasteiger partial charge in [0.1, 0.15) is 10.7 Å². The molecule has 1 N–H and O–H groups in total. The summed E-state index contributed by atoms with van der Waals surface area (Å²) >= 11 is 2.56. The number of Topliss-reactive ketones (excluding diaryl/α,β-unsaturated/α-hetero) is 1. The molecule has 0 spiro atoms. The first-order valence-electron chi connectivity index (χ1n) is 7.53. The Bertz CT molecular complexity index is 966. The number of allylic oxidation sites excluding steroid dienone is 1. The number of fused-ring (bicyclic) bond motifs is 1. The Labute approximate surface area is 153 Å². The Morgan fingerprint density at radius 3 is 2.80 bits per heavy atom. The molecule has 0 aliphatic carbocycles. The fraction of sp³-hybridized carbons (Fsp3) is 0.353. The van der Waals surface area contributed by atoms with E-state index in [1.54, 1.807) is 6.08 Å². The number of hydrogen-bond donors (Lipinski definition) is 1. The van der Waals surface area contributed by atoms with Crippen LogP contribution in [0.25, 0.3) is 10.2 Å². The van der Waals surface area contributed by atoms with E-state index < -0.39 is 5.92 Å². The second kappa shape index (κ2) is 7.76. The number of aromatic nitrogens is 2. The summed E-state index contributed by atoms with van der Waals surface area (Å²) in [7, 11) is 0. The van der Waals surface area contributed by atoms with Crippen molar-refractivity contribution in [1.29, 1.82) is 10.7 Å². The van der Waals surface area contributed by atoms with Crippen LogP contribution in [-0.2, 0) is 11.3 Å². The molecule has 0 amide bonds. The topological polar surface area (TPSA) is 99.6 Å². The summed E-state index contributed by atoms with van der Waals surface area (Å²) in [5.74, 6) is -1.44. The molecule has 0 unspecified atom stereocenters. The van der Waals surface area contributed by atoms with Gasteiger partial charge in [0.2, 0.25) is 0 Å². The quantitative estimate of drug-likeness (QED) is 0.347. The molecule has 0 aliphatic heterocycles. The maximum atomic E-state index is 12.8. The molecule has 8 heteroatoms. The predicted molar refractivity (Wildman–Crippen MR) is 102 cm³/mol. The lowest BCUT2D eigenvalue weighted by atomic mass is 10.0. The summed E-state index contributed by atoms with van der Waals surface area (Å²) in [4.78, 5) is 31.2. The average molecular weight is 374 g/mol. The van der Waals surface area contributed by atoms with Crippen molar-refractivity contribution in [1.82, 2.24) is 9.55 Å². The summed E-state index contributed by atoms with van der Waals surface area (Å²) in [6.07, 6.45) is 1.61. The van der Waals surface area contributed by atoms with E-state index in [2.05, 4.69) is 11.6 Å². The average Bonchev–Trinajstić information content (AvgIpc) is 2.83. The monoisotopic (exact) mass is 374 g/mol. The molecule has 130 valence electrons. The number of thiophene rings is 1. The molecule has 2 rings (SSSR count). The van der Waals surface area contributed by atoms with E-state index in [9.17, 15) is 9.59 Å². The first kappa shape index (κ1) is 19.1. The Morgan fingerprint density at radius 1 is 1.56 bits per heavy atom. The number of ketones is 1. The molecule has 0 aliphatic rings. The Kier molecular flexibility index (Phi) is 5.93. The number of nitrogens with one attached hydrogen (secondary N) is 1. The molecule has 1 atom stereocenters. The Balaban J connectivity index is 2.44. The standard InChI is InChI=1S/C17H18N4O2S2/c1-5-6-21-16(23)14-9(2)11(4)25-15(14)20-17(21)24-8-13(22)12(7-18)10(3)19/h5,12,19H,1,6,8H2,2-4H3/t12-/m1/s1. The largest absolute Gasteiger partial charge is 0.308 e. The van der Waals surface area contributed by atoms with E-state index in [0.29, 0.717) is 15.4 Å². The highest BCUT2D eigenvalue weighted by molar-refractivity contribution is 7.99. The minimum atomic E-state index is -1.05. The number of rotatable bonds is 7. The van der Waals surface area contributed by atoms with Crippen LogP contribution >= 0.6 is 23.1 Å². The maximum absolute atomic E-state index is 12.8. The van der Waals surface area contributed by atoms with Gasteiger partial charge in [-0.1, -0.05) is 17.8 Å². The first-order chi connectivity index (χ1) is 11.8. The van der Waals surface area contributed by atoms with E-state index in [1.165, 1.54) is 22.8 Å². The van der Waals surface area contributed by atoms with Gasteiger partial charge in [0.25, 0.3) is 5.56 Å². The van der Waals surface area contributed by atoms with Crippen LogP contribution in [0.3, 0.4) is 0 Å². The van der Waals surface area contributed by atoms with Gasteiger partial charge in [0, 0.05) is 17.1 Å². The number of nitriles is 1. The molecule has 0 aromatic carbocycles. The van der Waals surface area contributed by atoms with Gasteiger partial charge in [-0.3, -0.25) is 14.2 Å². The molecule has 2 aromatic rings. The van der Waals surface area contributed by atoms with Gasteiger partial charge in [-0.25, -0.2) is 4.98 Å². The maximum Gasteiger partial charge on any atom is 0.263 e. The molecule has 0 radical (unpaired) electrons. The zero-order chi connectivity index (χ0) is 18.7. The zero-order valence-electron chi connectivity index (χ0n) is 14.3. The van der Waals surface area contributed by atoms with Crippen molar-refractivity contribution in [2.24, 2.45) is 5.92 Å². The van der Waals surface area contributed by atoms with Crippen LogP contribution < -0.4 is 5.56 Å². The number of thioether (sulfide) groups is 1. The van der Waals surface area contributed by atoms with E-state index in [4.69, 9.17) is 10.7 Å². The molecule has 25 heavy (non-hydrogen) atoms. The molecule has 6 nitrogen and oxygen atoms in total. The third kappa shape index (κ3) is 3.72. The van der Waals surface area contributed by atoms with E-state index in [1.807, 2.05) is 19.9 Å². The zero-order valence-corrected chi connectivity index (χ0v) is 15.9. The SMILES string of the molecule is C=CCn1c(SCC(=O)[C@H](C#N)C(C)=N)nc2sc(C)c(C)c2c1=O. The van der Waals surface area contributed by atoms with Crippen LogP contribution in [-0.4, -0.2) is 26.8 Å². The highest BCUT2D eigenvalue weighted by atomic mass is 32.2. The summed E-state index contributed by atoms with van der Waals surface area (Å²) in [5.41, 5.74) is 0.790. The number of carbonyl (C=O) groups is 1. The second-order valence-electron chi connectivity index (χ2n) is 5.56. The van der Waals surface area contributed by atoms with Crippen molar-refractivity contribution >= 4 is 44.8 Å². The fourth-order valence-corrected chi connectivity index (χ4v) is 4.32.